The van der Waals surface area contributed by atoms with Gasteiger partial charge in [0.1, 0.15) is 5.92 Å². The molecule has 0 fully saturated rings. The van der Waals surface area contributed by atoms with Gasteiger partial charge in [-0.3, -0.25) is 9.59 Å². The molecule has 0 saturated carbocycles. The lowest BCUT2D eigenvalue weighted by atomic mass is 9.72. The van der Waals surface area contributed by atoms with Crippen LogP contribution in [0.15, 0.2) is 34.9 Å². The van der Waals surface area contributed by atoms with E-state index in [4.69, 9.17) is 0 Å². The summed E-state index contributed by atoms with van der Waals surface area (Å²) in [5.41, 5.74) is 1.35. The van der Waals surface area contributed by atoms with Crippen LogP contribution in [0.25, 0.3) is 0 Å². The van der Waals surface area contributed by atoms with Gasteiger partial charge in [-0.2, -0.15) is 10.5 Å². The third-order valence-corrected chi connectivity index (χ3v) is 5.74. The molecule has 1 aromatic carbocycles. The molecule has 1 heterocycles. The second-order valence-electron chi connectivity index (χ2n) is 7.23. The Kier molecular flexibility index (Phi) is 7.25. The van der Waals surface area contributed by atoms with Crippen LogP contribution in [0, 0.1) is 34.0 Å². The molecule has 1 aliphatic heterocycles. The van der Waals surface area contributed by atoms with Crippen molar-refractivity contribution in [1.29, 1.82) is 10.5 Å². The zero-order valence-corrected chi connectivity index (χ0v) is 17.2. The Hall–Kier alpha value is -2.77. The molecule has 0 bridgehead atoms. The van der Waals surface area contributed by atoms with Crippen LogP contribution in [0.2, 0.25) is 0 Å². The lowest BCUT2D eigenvalue weighted by molar-refractivity contribution is -0.125. The van der Waals surface area contributed by atoms with Crippen LogP contribution in [0.1, 0.15) is 39.2 Å². The van der Waals surface area contributed by atoms with Crippen LogP contribution in [-0.4, -0.2) is 17.6 Å². The molecule has 2 amide bonds. The first-order valence-electron chi connectivity index (χ1n) is 9.20. The van der Waals surface area contributed by atoms with E-state index in [-0.39, 0.29) is 11.7 Å². The van der Waals surface area contributed by atoms with E-state index in [0.29, 0.717) is 16.3 Å². The minimum Gasteiger partial charge on any atom is -0.325 e. The summed E-state index contributed by atoms with van der Waals surface area (Å²) in [6.45, 7) is 5.54. The smallest absolute Gasteiger partial charge is 0.243 e. The molecule has 0 spiro atoms. The van der Waals surface area contributed by atoms with E-state index in [1.165, 1.54) is 5.56 Å². The van der Waals surface area contributed by atoms with Gasteiger partial charge in [0.05, 0.1) is 28.5 Å². The lowest BCUT2D eigenvalue weighted by Gasteiger charge is -2.34. The van der Waals surface area contributed by atoms with Crippen LogP contribution in [-0.2, 0) is 16.0 Å². The SMILES string of the molecule is CCCCc1ccc(NC(=O)CSC2=C(C#N)C(C)(C)[C@H](C#N)C(=O)N2)cc1. The summed E-state index contributed by atoms with van der Waals surface area (Å²) in [6, 6.07) is 11.8. The number of nitrogens with zero attached hydrogens (tertiary/aromatic N) is 2. The summed E-state index contributed by atoms with van der Waals surface area (Å²) in [5, 5.41) is 24.5. The average Bonchev–Trinajstić information content (AvgIpc) is 2.65. The molecule has 6 nitrogen and oxygen atoms in total. The van der Waals surface area contributed by atoms with E-state index < -0.39 is 17.2 Å². The zero-order chi connectivity index (χ0) is 20.7. The number of unbranched alkanes of at least 4 members (excludes halogenated alkanes) is 1. The number of anilines is 1. The number of thioether (sulfide) groups is 1. The Bertz CT molecular complexity index is 860. The number of carbonyl (C=O) groups is 2. The van der Waals surface area contributed by atoms with Crippen molar-refractivity contribution in [1.82, 2.24) is 5.32 Å². The Morgan fingerprint density at radius 2 is 1.96 bits per heavy atom. The van der Waals surface area contributed by atoms with Crippen molar-refractivity contribution in [3.63, 3.8) is 0 Å². The van der Waals surface area contributed by atoms with E-state index in [2.05, 4.69) is 23.6 Å². The van der Waals surface area contributed by atoms with E-state index in [0.717, 1.165) is 31.0 Å². The minimum atomic E-state index is -0.938. The molecule has 1 aliphatic rings. The maximum atomic E-state index is 12.3. The number of hydrogen-bond acceptors (Lipinski definition) is 5. The van der Waals surface area contributed by atoms with Gasteiger partial charge in [-0.1, -0.05) is 51.1 Å². The van der Waals surface area contributed by atoms with Crippen LogP contribution in [0.3, 0.4) is 0 Å². The number of amides is 2. The number of allylic oxidation sites excluding steroid dienone is 1. The second kappa shape index (κ2) is 9.43. The van der Waals surface area contributed by atoms with Crippen LogP contribution in [0.4, 0.5) is 5.69 Å². The molecule has 1 aromatic rings. The Morgan fingerprint density at radius 3 is 2.54 bits per heavy atom. The highest BCUT2D eigenvalue weighted by Gasteiger charge is 2.44. The maximum absolute atomic E-state index is 12.3. The first-order chi connectivity index (χ1) is 13.3. The minimum absolute atomic E-state index is 0.0473. The topological polar surface area (TPSA) is 106 Å². The number of rotatable bonds is 7. The van der Waals surface area contributed by atoms with Crippen molar-refractivity contribution in [3.8, 4) is 12.1 Å². The van der Waals surface area contributed by atoms with Gasteiger partial charge in [0.25, 0.3) is 0 Å². The van der Waals surface area contributed by atoms with Crippen molar-refractivity contribution in [2.45, 2.75) is 40.0 Å². The molecule has 0 unspecified atom stereocenters. The molecule has 146 valence electrons. The third kappa shape index (κ3) is 4.94. The largest absolute Gasteiger partial charge is 0.325 e. The fourth-order valence-electron chi connectivity index (χ4n) is 3.00. The van der Waals surface area contributed by atoms with Gasteiger partial charge >= 0.3 is 0 Å². The number of nitrogens with one attached hydrogen (secondary N) is 2. The molecule has 28 heavy (non-hydrogen) atoms. The van der Waals surface area contributed by atoms with E-state index in [1.54, 1.807) is 13.8 Å². The van der Waals surface area contributed by atoms with Gasteiger partial charge in [-0.05, 0) is 30.5 Å². The molecule has 1 atom stereocenters. The van der Waals surface area contributed by atoms with Crippen molar-refractivity contribution in [3.05, 3.63) is 40.4 Å². The molecule has 0 aliphatic carbocycles. The van der Waals surface area contributed by atoms with Crippen molar-refractivity contribution < 1.29 is 9.59 Å². The van der Waals surface area contributed by atoms with E-state index in [1.807, 2.05) is 30.3 Å². The van der Waals surface area contributed by atoms with Gasteiger partial charge in [-0.15, -0.1) is 0 Å². The normalized spacial score (nSPS) is 18.0. The molecule has 7 heteroatoms. The van der Waals surface area contributed by atoms with Crippen molar-refractivity contribution in [2.75, 3.05) is 11.1 Å². The molecule has 2 rings (SSSR count). The number of hydrogen-bond donors (Lipinski definition) is 2. The van der Waals surface area contributed by atoms with Gasteiger partial charge in [0.15, 0.2) is 0 Å². The molecule has 0 saturated heterocycles. The fraction of sp³-hybridized carbons (Fsp3) is 0.429. The fourth-order valence-corrected chi connectivity index (χ4v) is 3.98. The Balaban J connectivity index is 2.01. The summed E-state index contributed by atoms with van der Waals surface area (Å²) in [6.07, 6.45) is 3.29. The number of nitriles is 2. The molecular formula is C21H24N4O2S. The highest BCUT2D eigenvalue weighted by molar-refractivity contribution is 8.03. The first kappa shape index (κ1) is 21.5. The predicted octanol–water partition coefficient (Wildman–Crippen LogP) is 3.73. The quantitative estimate of drug-likeness (QED) is 0.730. The van der Waals surface area contributed by atoms with Crippen molar-refractivity contribution in [2.24, 2.45) is 11.3 Å². The monoisotopic (exact) mass is 396 g/mol. The van der Waals surface area contributed by atoms with Crippen LogP contribution < -0.4 is 10.6 Å². The molecule has 0 aromatic heterocycles. The van der Waals surface area contributed by atoms with Crippen molar-refractivity contribution >= 4 is 29.3 Å². The number of aryl methyl sites for hydroxylation is 1. The summed E-state index contributed by atoms with van der Waals surface area (Å²) in [7, 11) is 0. The standard InChI is InChI=1S/C21H24N4O2S/c1-4-5-6-14-7-9-15(10-8-14)24-18(26)13-28-20-17(12-23)21(2,3)16(11-22)19(27)25-20/h7-10,16H,4-6,13H2,1-3H3,(H,24,26)(H,25,27)/t16-/m1/s1. The molecule has 2 N–H and O–H groups in total. The third-order valence-electron chi connectivity index (χ3n) is 4.74. The number of benzene rings is 1. The maximum Gasteiger partial charge on any atom is 0.243 e. The summed E-state index contributed by atoms with van der Waals surface area (Å²) < 4.78 is 0. The average molecular weight is 397 g/mol. The Labute approximate surface area is 170 Å². The predicted molar refractivity (Wildman–Crippen MR) is 110 cm³/mol. The van der Waals surface area contributed by atoms with Gasteiger partial charge < -0.3 is 10.6 Å². The second-order valence-corrected chi connectivity index (χ2v) is 8.21. The van der Waals surface area contributed by atoms with Gasteiger partial charge in [0, 0.05) is 11.1 Å². The highest BCUT2D eigenvalue weighted by atomic mass is 32.2. The zero-order valence-electron chi connectivity index (χ0n) is 16.3. The van der Waals surface area contributed by atoms with Crippen LogP contribution >= 0.6 is 11.8 Å². The van der Waals surface area contributed by atoms with E-state index in [9.17, 15) is 20.1 Å². The number of carbonyl (C=O) groups excluding carboxylic acids is 2. The van der Waals surface area contributed by atoms with Crippen LogP contribution in [0.5, 0.6) is 0 Å². The van der Waals surface area contributed by atoms with E-state index >= 15 is 0 Å². The molecular weight excluding hydrogens is 372 g/mol. The first-order valence-corrected chi connectivity index (χ1v) is 10.2. The lowest BCUT2D eigenvalue weighted by Crippen LogP contribution is -2.44. The summed E-state index contributed by atoms with van der Waals surface area (Å²) in [5.74, 6) is -1.57. The Morgan fingerprint density at radius 1 is 1.29 bits per heavy atom. The van der Waals surface area contributed by atoms with Gasteiger partial charge in [0.2, 0.25) is 11.8 Å². The van der Waals surface area contributed by atoms with Gasteiger partial charge in [-0.25, -0.2) is 0 Å². The summed E-state index contributed by atoms with van der Waals surface area (Å²) >= 11 is 1.09. The molecule has 0 radical (unpaired) electrons. The summed E-state index contributed by atoms with van der Waals surface area (Å²) in [4.78, 5) is 24.4. The highest BCUT2D eigenvalue weighted by Crippen LogP contribution is 2.41.